The molecule has 0 aliphatic heterocycles. The summed E-state index contributed by atoms with van der Waals surface area (Å²) < 4.78 is 9.87. The van der Waals surface area contributed by atoms with Gasteiger partial charge in [0.15, 0.2) is 0 Å². The molecule has 2 rings (SSSR count). The van der Waals surface area contributed by atoms with Gasteiger partial charge >= 0.3 is 5.97 Å². The lowest BCUT2D eigenvalue weighted by Gasteiger charge is -2.07. The van der Waals surface area contributed by atoms with Gasteiger partial charge in [0, 0.05) is 23.0 Å². The number of methoxy groups -OCH3 is 2. The maximum Gasteiger partial charge on any atom is 0.340 e. The second-order valence-corrected chi connectivity index (χ2v) is 5.02. The molecule has 0 saturated carbocycles. The molecule has 0 bridgehead atoms. The molecule has 20 heavy (non-hydrogen) atoms. The van der Waals surface area contributed by atoms with Gasteiger partial charge in [0.25, 0.3) is 0 Å². The molecule has 1 aromatic carbocycles. The summed E-state index contributed by atoms with van der Waals surface area (Å²) in [5.41, 5.74) is 1.65. The molecule has 2 aromatic rings. The van der Waals surface area contributed by atoms with E-state index in [2.05, 4.69) is 4.98 Å². The van der Waals surface area contributed by atoms with Gasteiger partial charge < -0.3 is 9.47 Å². The summed E-state index contributed by atoms with van der Waals surface area (Å²) in [7, 11) is 3.01. The number of ether oxygens (including phenoxy) is 2. The number of nitrogens with zero attached hydrogens (tertiary/aromatic N) is 1. The zero-order valence-corrected chi connectivity index (χ0v) is 12.1. The number of carbonyl (C=O) groups is 1. The first-order valence-corrected chi connectivity index (χ1v) is 7.01. The molecule has 0 amide bonds. The highest BCUT2D eigenvalue weighted by Crippen LogP contribution is 2.26. The second kappa shape index (κ2) is 6.96. The molecule has 0 aliphatic carbocycles. The van der Waals surface area contributed by atoms with E-state index in [9.17, 15) is 4.79 Å². The van der Waals surface area contributed by atoms with Crippen molar-refractivity contribution in [1.82, 2.24) is 4.98 Å². The molecule has 4 nitrogen and oxygen atoms in total. The molecule has 5 heteroatoms. The summed E-state index contributed by atoms with van der Waals surface area (Å²) in [5, 5.41) is 0. The number of aromatic nitrogens is 1. The Hall–Kier alpha value is -2.01. The van der Waals surface area contributed by atoms with Gasteiger partial charge in [0.2, 0.25) is 0 Å². The molecular formula is C15H15NO3S. The third-order valence-corrected chi connectivity index (χ3v) is 3.88. The van der Waals surface area contributed by atoms with E-state index >= 15 is 0 Å². The number of pyridine rings is 1. The standard InChI is InChI=1S/C15H15NO3S/c1-18-12-5-3-11(4-6-12)10-20-14-7-8-16-9-13(14)15(17)19-2/h3-9H,10H2,1-2H3. The van der Waals surface area contributed by atoms with Crippen LogP contribution in [0.2, 0.25) is 0 Å². The van der Waals surface area contributed by atoms with E-state index < -0.39 is 0 Å². The van der Waals surface area contributed by atoms with Gasteiger partial charge in [-0.3, -0.25) is 4.98 Å². The van der Waals surface area contributed by atoms with Crippen molar-refractivity contribution in [2.45, 2.75) is 10.6 Å². The van der Waals surface area contributed by atoms with E-state index in [1.807, 2.05) is 30.3 Å². The van der Waals surface area contributed by atoms with Gasteiger partial charge in [-0.2, -0.15) is 0 Å². The Morgan fingerprint density at radius 3 is 2.60 bits per heavy atom. The maximum absolute atomic E-state index is 11.6. The van der Waals surface area contributed by atoms with Gasteiger partial charge in [-0.25, -0.2) is 4.79 Å². The molecule has 0 atom stereocenters. The van der Waals surface area contributed by atoms with E-state index in [4.69, 9.17) is 9.47 Å². The smallest absolute Gasteiger partial charge is 0.340 e. The van der Waals surface area contributed by atoms with Crippen LogP contribution in [0.15, 0.2) is 47.6 Å². The molecule has 104 valence electrons. The number of thioether (sulfide) groups is 1. The molecule has 1 aromatic heterocycles. The Kier molecular flexibility index (Phi) is 5.01. The van der Waals surface area contributed by atoms with Crippen molar-refractivity contribution in [1.29, 1.82) is 0 Å². The summed E-state index contributed by atoms with van der Waals surface area (Å²) in [4.78, 5) is 16.5. The van der Waals surface area contributed by atoms with Crippen molar-refractivity contribution in [2.75, 3.05) is 14.2 Å². The largest absolute Gasteiger partial charge is 0.497 e. The van der Waals surface area contributed by atoms with Crippen molar-refractivity contribution >= 4 is 17.7 Å². The van der Waals surface area contributed by atoms with Crippen molar-refractivity contribution in [3.8, 4) is 5.75 Å². The van der Waals surface area contributed by atoms with Crippen LogP contribution in [0.3, 0.4) is 0 Å². The predicted molar refractivity (Wildman–Crippen MR) is 78.1 cm³/mol. The minimum absolute atomic E-state index is 0.365. The quantitative estimate of drug-likeness (QED) is 0.625. The highest BCUT2D eigenvalue weighted by Gasteiger charge is 2.12. The Morgan fingerprint density at radius 1 is 1.20 bits per heavy atom. The van der Waals surface area contributed by atoms with Gasteiger partial charge in [0.05, 0.1) is 19.8 Å². The Bertz CT molecular complexity index is 584. The van der Waals surface area contributed by atoms with Crippen molar-refractivity contribution in [3.63, 3.8) is 0 Å². The Morgan fingerprint density at radius 2 is 1.95 bits per heavy atom. The van der Waals surface area contributed by atoms with Crippen molar-refractivity contribution < 1.29 is 14.3 Å². The predicted octanol–water partition coefficient (Wildman–Crippen LogP) is 3.17. The lowest BCUT2D eigenvalue weighted by molar-refractivity contribution is 0.0596. The second-order valence-electron chi connectivity index (χ2n) is 4.00. The normalized spacial score (nSPS) is 10.1. The SMILES string of the molecule is COC(=O)c1cnccc1SCc1ccc(OC)cc1. The van der Waals surface area contributed by atoms with Gasteiger partial charge in [-0.15, -0.1) is 11.8 Å². The van der Waals surface area contributed by atoms with Crippen LogP contribution in [0.25, 0.3) is 0 Å². The minimum atomic E-state index is -0.365. The molecule has 0 fully saturated rings. The van der Waals surface area contributed by atoms with Crippen LogP contribution in [0.1, 0.15) is 15.9 Å². The molecule has 0 unspecified atom stereocenters. The van der Waals surface area contributed by atoms with Crippen molar-refractivity contribution in [2.24, 2.45) is 0 Å². The van der Waals surface area contributed by atoms with Gasteiger partial charge in [0.1, 0.15) is 5.75 Å². The minimum Gasteiger partial charge on any atom is -0.497 e. The first-order valence-electron chi connectivity index (χ1n) is 6.02. The average molecular weight is 289 g/mol. The lowest BCUT2D eigenvalue weighted by atomic mass is 10.2. The van der Waals surface area contributed by atoms with Crippen molar-refractivity contribution in [3.05, 3.63) is 53.9 Å². The zero-order valence-electron chi connectivity index (χ0n) is 11.3. The third kappa shape index (κ3) is 3.51. The highest BCUT2D eigenvalue weighted by atomic mass is 32.2. The van der Waals surface area contributed by atoms with Crippen LogP contribution in [-0.2, 0) is 10.5 Å². The van der Waals surface area contributed by atoms with Crippen LogP contribution in [0.4, 0.5) is 0 Å². The molecule has 0 aliphatic rings. The fourth-order valence-electron chi connectivity index (χ4n) is 1.65. The molecule has 0 N–H and O–H groups in total. The summed E-state index contributed by atoms with van der Waals surface area (Å²) >= 11 is 1.58. The number of benzene rings is 1. The van der Waals surface area contributed by atoms with E-state index in [1.54, 1.807) is 25.1 Å². The molecular weight excluding hydrogens is 274 g/mol. The van der Waals surface area contributed by atoms with Crippen LogP contribution < -0.4 is 4.74 Å². The number of esters is 1. The van der Waals surface area contributed by atoms with Crippen LogP contribution in [-0.4, -0.2) is 25.2 Å². The summed E-state index contributed by atoms with van der Waals surface area (Å²) in [6.07, 6.45) is 3.20. The van der Waals surface area contributed by atoms with Crippen LogP contribution >= 0.6 is 11.8 Å². The van der Waals surface area contributed by atoms with E-state index in [1.165, 1.54) is 13.3 Å². The van der Waals surface area contributed by atoms with Crippen LogP contribution in [0, 0.1) is 0 Å². The average Bonchev–Trinajstić information content (AvgIpc) is 2.53. The first-order chi connectivity index (χ1) is 9.74. The molecule has 0 spiro atoms. The number of rotatable bonds is 5. The zero-order chi connectivity index (χ0) is 14.4. The maximum atomic E-state index is 11.6. The van der Waals surface area contributed by atoms with E-state index in [-0.39, 0.29) is 5.97 Å². The van der Waals surface area contributed by atoms with Gasteiger partial charge in [-0.1, -0.05) is 12.1 Å². The fraction of sp³-hybridized carbons (Fsp3) is 0.200. The monoisotopic (exact) mass is 289 g/mol. The lowest BCUT2D eigenvalue weighted by Crippen LogP contribution is -2.03. The van der Waals surface area contributed by atoms with Crippen LogP contribution in [0.5, 0.6) is 5.75 Å². The summed E-state index contributed by atoms with van der Waals surface area (Å²) in [6.45, 7) is 0. The number of carbonyl (C=O) groups excluding carboxylic acids is 1. The number of hydrogen-bond acceptors (Lipinski definition) is 5. The van der Waals surface area contributed by atoms with E-state index in [0.717, 1.165) is 22.0 Å². The Balaban J connectivity index is 2.08. The fourth-order valence-corrected chi connectivity index (χ4v) is 2.62. The third-order valence-electron chi connectivity index (χ3n) is 2.74. The number of hydrogen-bond donors (Lipinski definition) is 0. The topological polar surface area (TPSA) is 48.4 Å². The summed E-state index contributed by atoms with van der Waals surface area (Å²) in [6, 6.07) is 9.67. The van der Waals surface area contributed by atoms with E-state index in [0.29, 0.717) is 5.56 Å². The molecule has 0 saturated heterocycles. The highest BCUT2D eigenvalue weighted by molar-refractivity contribution is 7.98. The molecule has 1 heterocycles. The summed E-state index contributed by atoms with van der Waals surface area (Å²) in [5.74, 6) is 1.23. The first kappa shape index (κ1) is 14.4. The van der Waals surface area contributed by atoms with Gasteiger partial charge in [-0.05, 0) is 23.8 Å². The Labute approximate surface area is 122 Å². The molecule has 0 radical (unpaired) electrons.